The molecule has 4 nitrogen and oxygen atoms in total. The first-order chi connectivity index (χ1) is 8.43. The van der Waals surface area contributed by atoms with Crippen LogP contribution in [0.5, 0.6) is 0 Å². The van der Waals surface area contributed by atoms with Crippen LogP contribution in [-0.4, -0.2) is 35.7 Å². The van der Waals surface area contributed by atoms with E-state index in [1.807, 2.05) is 35.2 Å². The number of hydrogen-bond donors (Lipinski definition) is 1. The Bertz CT molecular complexity index is 472. The topological polar surface area (TPSA) is 33.1 Å². The molecule has 1 N–H and O–H groups in total. The number of hydrogen-bond acceptors (Lipinski definition) is 3. The van der Waals surface area contributed by atoms with Gasteiger partial charge in [-0.1, -0.05) is 6.07 Å². The number of pyridine rings is 1. The SMILES string of the molecule is c1cc(N2CCNCC2)nc(-n2cccc2)c1. The molecule has 88 valence electrons. The zero-order chi connectivity index (χ0) is 11.5. The van der Waals surface area contributed by atoms with Crippen LogP contribution in [-0.2, 0) is 0 Å². The molecular formula is C13H16N4. The number of rotatable bonds is 2. The lowest BCUT2D eigenvalue weighted by atomic mass is 10.3. The van der Waals surface area contributed by atoms with Crippen LogP contribution in [0.3, 0.4) is 0 Å². The monoisotopic (exact) mass is 228 g/mol. The van der Waals surface area contributed by atoms with Gasteiger partial charge in [-0.25, -0.2) is 4.98 Å². The van der Waals surface area contributed by atoms with Gasteiger partial charge in [0, 0.05) is 38.6 Å². The van der Waals surface area contributed by atoms with Crippen LogP contribution < -0.4 is 10.2 Å². The van der Waals surface area contributed by atoms with Crippen molar-refractivity contribution in [2.45, 2.75) is 0 Å². The van der Waals surface area contributed by atoms with Gasteiger partial charge >= 0.3 is 0 Å². The zero-order valence-corrected chi connectivity index (χ0v) is 9.71. The third-order valence-corrected chi connectivity index (χ3v) is 3.03. The van der Waals surface area contributed by atoms with Crippen molar-refractivity contribution in [3.8, 4) is 5.82 Å². The van der Waals surface area contributed by atoms with Crippen molar-refractivity contribution in [2.24, 2.45) is 0 Å². The molecule has 3 heterocycles. The molecular weight excluding hydrogens is 212 g/mol. The van der Waals surface area contributed by atoms with E-state index < -0.39 is 0 Å². The third kappa shape index (κ3) is 2.17. The highest BCUT2D eigenvalue weighted by molar-refractivity contribution is 5.43. The van der Waals surface area contributed by atoms with Gasteiger partial charge in [0.15, 0.2) is 0 Å². The fourth-order valence-electron chi connectivity index (χ4n) is 2.11. The summed E-state index contributed by atoms with van der Waals surface area (Å²) in [5.74, 6) is 2.05. The van der Waals surface area contributed by atoms with Gasteiger partial charge in [0.05, 0.1) is 0 Å². The predicted octanol–water partition coefficient (Wildman–Crippen LogP) is 1.28. The average molecular weight is 228 g/mol. The van der Waals surface area contributed by atoms with E-state index in [4.69, 9.17) is 4.98 Å². The van der Waals surface area contributed by atoms with Crippen LogP contribution in [0, 0.1) is 0 Å². The molecule has 4 heteroatoms. The van der Waals surface area contributed by atoms with E-state index in [2.05, 4.69) is 22.3 Å². The lowest BCUT2D eigenvalue weighted by molar-refractivity contribution is 0.584. The van der Waals surface area contributed by atoms with E-state index in [1.54, 1.807) is 0 Å². The molecule has 0 aliphatic carbocycles. The molecule has 0 amide bonds. The van der Waals surface area contributed by atoms with Crippen LogP contribution >= 0.6 is 0 Å². The molecule has 0 saturated carbocycles. The van der Waals surface area contributed by atoms with E-state index in [0.29, 0.717) is 0 Å². The molecule has 1 aliphatic rings. The first-order valence-electron chi connectivity index (χ1n) is 5.99. The fraction of sp³-hybridized carbons (Fsp3) is 0.308. The van der Waals surface area contributed by atoms with Crippen molar-refractivity contribution in [3.05, 3.63) is 42.7 Å². The predicted molar refractivity (Wildman–Crippen MR) is 68.6 cm³/mol. The van der Waals surface area contributed by atoms with Crippen molar-refractivity contribution in [1.29, 1.82) is 0 Å². The normalized spacial score (nSPS) is 16.1. The Morgan fingerprint density at radius 2 is 1.65 bits per heavy atom. The number of aromatic nitrogens is 2. The highest BCUT2D eigenvalue weighted by Gasteiger charge is 2.11. The minimum absolute atomic E-state index is 0.978. The molecule has 1 fully saturated rings. The van der Waals surface area contributed by atoms with E-state index in [0.717, 1.165) is 37.8 Å². The average Bonchev–Trinajstić information content (AvgIpc) is 2.94. The van der Waals surface area contributed by atoms with Gasteiger partial charge in [0.25, 0.3) is 0 Å². The molecule has 0 spiro atoms. The third-order valence-electron chi connectivity index (χ3n) is 3.03. The minimum Gasteiger partial charge on any atom is -0.354 e. The smallest absolute Gasteiger partial charge is 0.139 e. The summed E-state index contributed by atoms with van der Waals surface area (Å²) in [6.07, 6.45) is 4.04. The summed E-state index contributed by atoms with van der Waals surface area (Å²) in [5, 5.41) is 3.35. The summed E-state index contributed by atoms with van der Waals surface area (Å²) in [6, 6.07) is 10.2. The van der Waals surface area contributed by atoms with E-state index in [1.165, 1.54) is 0 Å². The second-order valence-electron chi connectivity index (χ2n) is 4.18. The van der Waals surface area contributed by atoms with Gasteiger partial charge in [-0.2, -0.15) is 0 Å². The van der Waals surface area contributed by atoms with Gasteiger partial charge in [0.2, 0.25) is 0 Å². The molecule has 3 rings (SSSR count). The van der Waals surface area contributed by atoms with Gasteiger partial charge < -0.3 is 14.8 Å². The first-order valence-corrected chi connectivity index (χ1v) is 5.99. The Morgan fingerprint density at radius 1 is 0.941 bits per heavy atom. The van der Waals surface area contributed by atoms with E-state index in [-0.39, 0.29) is 0 Å². The van der Waals surface area contributed by atoms with E-state index >= 15 is 0 Å². The van der Waals surface area contributed by atoms with Crippen molar-refractivity contribution in [3.63, 3.8) is 0 Å². The number of anilines is 1. The van der Waals surface area contributed by atoms with E-state index in [9.17, 15) is 0 Å². The van der Waals surface area contributed by atoms with Crippen molar-refractivity contribution >= 4 is 5.82 Å². The molecule has 1 aliphatic heterocycles. The summed E-state index contributed by atoms with van der Waals surface area (Å²) >= 11 is 0. The quantitative estimate of drug-likeness (QED) is 0.840. The molecule has 2 aromatic rings. The molecule has 0 aromatic carbocycles. The van der Waals surface area contributed by atoms with Crippen molar-refractivity contribution in [1.82, 2.24) is 14.9 Å². The molecule has 0 radical (unpaired) electrons. The minimum atomic E-state index is 0.978. The van der Waals surface area contributed by atoms with Crippen LogP contribution in [0.1, 0.15) is 0 Å². The molecule has 0 bridgehead atoms. The lowest BCUT2D eigenvalue weighted by Crippen LogP contribution is -2.43. The largest absolute Gasteiger partial charge is 0.354 e. The number of nitrogens with one attached hydrogen (secondary N) is 1. The van der Waals surface area contributed by atoms with Crippen molar-refractivity contribution in [2.75, 3.05) is 31.1 Å². The second kappa shape index (κ2) is 4.59. The Morgan fingerprint density at radius 3 is 2.41 bits per heavy atom. The lowest BCUT2D eigenvalue weighted by Gasteiger charge is -2.28. The maximum atomic E-state index is 4.70. The zero-order valence-electron chi connectivity index (χ0n) is 9.71. The van der Waals surface area contributed by atoms with Gasteiger partial charge in [-0.15, -0.1) is 0 Å². The molecule has 2 aromatic heterocycles. The molecule has 1 saturated heterocycles. The van der Waals surface area contributed by atoms with Gasteiger partial charge in [0.1, 0.15) is 11.6 Å². The highest BCUT2D eigenvalue weighted by Crippen LogP contribution is 2.14. The molecule has 17 heavy (non-hydrogen) atoms. The van der Waals surface area contributed by atoms with Crippen LogP contribution in [0.2, 0.25) is 0 Å². The van der Waals surface area contributed by atoms with Crippen LogP contribution in [0.15, 0.2) is 42.7 Å². The Kier molecular flexibility index (Phi) is 2.80. The molecule has 0 atom stereocenters. The highest BCUT2D eigenvalue weighted by atomic mass is 15.2. The van der Waals surface area contributed by atoms with Gasteiger partial charge in [-0.3, -0.25) is 0 Å². The maximum Gasteiger partial charge on any atom is 0.139 e. The van der Waals surface area contributed by atoms with Crippen LogP contribution in [0.25, 0.3) is 5.82 Å². The first kappa shape index (κ1) is 10.4. The summed E-state index contributed by atoms with van der Waals surface area (Å²) < 4.78 is 2.03. The maximum absolute atomic E-state index is 4.70. The Balaban J connectivity index is 1.88. The fourth-order valence-corrected chi connectivity index (χ4v) is 2.11. The summed E-state index contributed by atoms with van der Waals surface area (Å²) in [7, 11) is 0. The summed E-state index contributed by atoms with van der Waals surface area (Å²) in [4.78, 5) is 7.02. The van der Waals surface area contributed by atoms with Crippen LogP contribution in [0.4, 0.5) is 5.82 Å². The summed E-state index contributed by atoms with van der Waals surface area (Å²) in [6.45, 7) is 4.13. The Hall–Kier alpha value is -1.81. The second-order valence-corrected chi connectivity index (χ2v) is 4.18. The Labute approximate surface area is 101 Å². The summed E-state index contributed by atoms with van der Waals surface area (Å²) in [5.41, 5.74) is 0. The molecule has 0 unspecified atom stereocenters. The number of piperazine rings is 1. The van der Waals surface area contributed by atoms with Gasteiger partial charge in [-0.05, 0) is 24.3 Å². The standard InChI is InChI=1S/C13H16N4/c1-2-9-16(8-1)12-4-3-5-13(15-12)17-10-6-14-7-11-17/h1-5,8-9,14H,6-7,10-11H2. The number of nitrogens with zero attached hydrogens (tertiary/aromatic N) is 3. The van der Waals surface area contributed by atoms with Crippen molar-refractivity contribution < 1.29 is 0 Å².